The molecular weight excluding hydrogens is 398 g/mol. The second kappa shape index (κ2) is 7.76. The maximum Gasteiger partial charge on any atom is 0.339 e. The lowest BCUT2D eigenvalue weighted by molar-refractivity contribution is 0.0693. The van der Waals surface area contributed by atoms with Crippen LogP contribution in [0.3, 0.4) is 0 Å². The van der Waals surface area contributed by atoms with E-state index < -0.39 is 5.97 Å². The van der Waals surface area contributed by atoms with Gasteiger partial charge < -0.3 is 15.2 Å². The zero-order valence-electron chi connectivity index (χ0n) is 16.4. The number of rotatable bonds is 4. The number of methoxy groups -OCH3 is 1. The van der Waals surface area contributed by atoms with E-state index in [0.29, 0.717) is 17.2 Å². The number of hydrogen-bond donors (Lipinski definition) is 2. The number of ether oxygens (including phenoxy) is 1. The molecule has 1 aromatic carbocycles. The Labute approximate surface area is 173 Å². The topological polar surface area (TPSA) is 75.6 Å². The molecule has 1 heterocycles. The molecule has 0 radical (unpaired) electrons. The van der Waals surface area contributed by atoms with Gasteiger partial charge >= 0.3 is 5.97 Å². The van der Waals surface area contributed by atoms with Gasteiger partial charge in [0.1, 0.15) is 11.3 Å². The summed E-state index contributed by atoms with van der Waals surface area (Å²) in [4.78, 5) is 25.4. The summed E-state index contributed by atoms with van der Waals surface area (Å²) < 4.78 is 5.12. The first kappa shape index (κ1) is 20.7. The van der Waals surface area contributed by atoms with Gasteiger partial charge in [-0.3, -0.25) is 4.79 Å². The molecule has 0 saturated carbocycles. The third-order valence-electron chi connectivity index (χ3n) is 5.39. The van der Waals surface area contributed by atoms with Crippen molar-refractivity contribution in [1.29, 1.82) is 0 Å². The molecule has 0 fully saturated rings. The highest BCUT2D eigenvalue weighted by Gasteiger charge is 2.31. The summed E-state index contributed by atoms with van der Waals surface area (Å²) in [7, 11) is 1.38. The fourth-order valence-electron chi connectivity index (χ4n) is 3.62. The lowest BCUT2D eigenvalue weighted by Gasteiger charge is -2.34. The molecule has 1 atom stereocenters. The Hall–Kier alpha value is -2.05. The lowest BCUT2D eigenvalue weighted by atomic mass is 9.72. The Morgan fingerprint density at radius 3 is 2.61 bits per heavy atom. The molecule has 0 spiro atoms. The third-order valence-corrected chi connectivity index (χ3v) is 6.76. The van der Waals surface area contributed by atoms with E-state index in [2.05, 4.69) is 26.1 Å². The summed E-state index contributed by atoms with van der Waals surface area (Å²) in [6.45, 7) is 6.79. The Balaban J connectivity index is 1.84. The summed E-state index contributed by atoms with van der Waals surface area (Å²) in [5, 5.41) is 14.1. The predicted molar refractivity (Wildman–Crippen MR) is 112 cm³/mol. The maximum absolute atomic E-state index is 12.9. The van der Waals surface area contributed by atoms with Crippen molar-refractivity contribution in [2.75, 3.05) is 12.4 Å². The van der Waals surface area contributed by atoms with Crippen molar-refractivity contribution in [2.24, 2.45) is 11.3 Å². The fraction of sp³-hybridized carbons (Fsp3) is 0.429. The van der Waals surface area contributed by atoms with Crippen LogP contribution in [0.25, 0.3) is 0 Å². The molecule has 7 heteroatoms. The van der Waals surface area contributed by atoms with E-state index in [4.69, 9.17) is 16.3 Å². The van der Waals surface area contributed by atoms with Crippen LogP contribution in [0.1, 0.15) is 58.3 Å². The Kier molecular flexibility index (Phi) is 5.73. The summed E-state index contributed by atoms with van der Waals surface area (Å²) in [5.74, 6) is -0.625. The number of hydrogen-bond acceptors (Lipinski definition) is 4. The van der Waals surface area contributed by atoms with Crippen molar-refractivity contribution in [3.8, 4) is 5.75 Å². The number of amides is 1. The van der Waals surface area contributed by atoms with E-state index in [-0.39, 0.29) is 27.7 Å². The van der Waals surface area contributed by atoms with Crippen LogP contribution in [0.5, 0.6) is 5.75 Å². The number of carboxylic acids is 1. The van der Waals surface area contributed by atoms with E-state index in [0.717, 1.165) is 24.8 Å². The van der Waals surface area contributed by atoms with E-state index in [1.54, 1.807) is 11.3 Å². The Morgan fingerprint density at radius 2 is 2.00 bits per heavy atom. The number of benzene rings is 1. The number of anilines is 1. The number of halogens is 1. The van der Waals surface area contributed by atoms with Gasteiger partial charge in [-0.2, -0.15) is 0 Å². The molecule has 28 heavy (non-hydrogen) atoms. The van der Waals surface area contributed by atoms with Gasteiger partial charge in [-0.15, -0.1) is 11.3 Å². The number of carboxylic acid groups (broad SMARTS) is 1. The van der Waals surface area contributed by atoms with Gasteiger partial charge in [-0.1, -0.05) is 32.4 Å². The van der Waals surface area contributed by atoms with Crippen molar-refractivity contribution in [1.82, 2.24) is 0 Å². The number of carbonyl (C=O) groups excluding carboxylic acids is 1. The van der Waals surface area contributed by atoms with Crippen molar-refractivity contribution in [2.45, 2.75) is 40.0 Å². The molecule has 1 aliphatic carbocycles. The fourth-order valence-corrected chi connectivity index (χ4v) is 4.99. The zero-order valence-corrected chi connectivity index (χ0v) is 18.0. The monoisotopic (exact) mass is 421 g/mol. The van der Waals surface area contributed by atoms with Crippen LogP contribution in [0, 0.1) is 11.3 Å². The third kappa shape index (κ3) is 4.03. The largest absolute Gasteiger partial charge is 0.496 e. The first-order chi connectivity index (χ1) is 13.1. The van der Waals surface area contributed by atoms with E-state index in [1.165, 1.54) is 24.1 Å². The van der Waals surface area contributed by atoms with Gasteiger partial charge in [0.25, 0.3) is 5.91 Å². The summed E-state index contributed by atoms with van der Waals surface area (Å²) in [6.07, 6.45) is 2.95. The smallest absolute Gasteiger partial charge is 0.339 e. The average Bonchev–Trinajstić information content (AvgIpc) is 3.05. The minimum absolute atomic E-state index is 0.0494. The first-order valence-corrected chi connectivity index (χ1v) is 10.4. The summed E-state index contributed by atoms with van der Waals surface area (Å²) >= 11 is 7.82. The Morgan fingerprint density at radius 1 is 1.29 bits per heavy atom. The van der Waals surface area contributed by atoms with Crippen molar-refractivity contribution in [3.63, 3.8) is 0 Å². The number of thiophene rings is 1. The Bertz CT molecular complexity index is 929. The predicted octanol–water partition coefficient (Wildman–Crippen LogP) is 5.51. The normalized spacial score (nSPS) is 16.4. The number of aromatic carboxylic acids is 1. The van der Waals surface area contributed by atoms with Crippen LogP contribution in [0.4, 0.5) is 5.69 Å². The zero-order chi connectivity index (χ0) is 20.6. The molecule has 0 saturated heterocycles. The van der Waals surface area contributed by atoms with Crippen LogP contribution >= 0.6 is 22.9 Å². The highest BCUT2D eigenvalue weighted by molar-refractivity contribution is 7.10. The minimum atomic E-state index is -1.14. The molecule has 1 amide bonds. The highest BCUT2D eigenvalue weighted by Crippen LogP contribution is 2.41. The molecule has 0 aliphatic heterocycles. The molecule has 2 aromatic rings. The molecule has 5 nitrogen and oxygen atoms in total. The van der Waals surface area contributed by atoms with Crippen LogP contribution in [0.2, 0.25) is 5.02 Å². The van der Waals surface area contributed by atoms with Crippen LogP contribution < -0.4 is 10.1 Å². The van der Waals surface area contributed by atoms with Crippen molar-refractivity contribution < 1.29 is 19.4 Å². The van der Waals surface area contributed by atoms with Gasteiger partial charge in [0, 0.05) is 16.3 Å². The SMILES string of the molecule is COc1cc(NC(=O)c2csc3c2CCC(C(C)(C)C)C3)c(Cl)cc1C(=O)O. The van der Waals surface area contributed by atoms with Crippen molar-refractivity contribution in [3.05, 3.63) is 44.1 Å². The number of fused-ring (bicyclic) bond motifs is 1. The average molecular weight is 422 g/mol. The standard InChI is InChI=1S/C21H24ClNO4S/c1-21(2,3)11-5-6-12-14(10-28-18(12)7-11)19(24)23-16-9-17(27-4)13(20(25)26)8-15(16)22/h8-11H,5-7H2,1-4H3,(H,23,24)(H,25,26). The molecule has 1 aliphatic rings. The second-order valence-electron chi connectivity index (χ2n) is 8.15. The molecule has 2 N–H and O–H groups in total. The number of nitrogens with one attached hydrogen (secondary N) is 1. The molecule has 1 unspecified atom stereocenters. The molecular formula is C21H24ClNO4S. The molecule has 3 rings (SSSR count). The first-order valence-electron chi connectivity index (χ1n) is 9.13. The van der Waals surface area contributed by atoms with E-state index >= 15 is 0 Å². The molecule has 1 aromatic heterocycles. The van der Waals surface area contributed by atoms with E-state index in [1.807, 2.05) is 5.38 Å². The molecule has 150 valence electrons. The van der Waals surface area contributed by atoms with Gasteiger partial charge in [0.2, 0.25) is 0 Å². The second-order valence-corrected chi connectivity index (χ2v) is 9.52. The van der Waals surface area contributed by atoms with Crippen LogP contribution in [-0.4, -0.2) is 24.1 Å². The molecule has 0 bridgehead atoms. The summed E-state index contributed by atoms with van der Waals surface area (Å²) in [6, 6.07) is 2.73. The maximum atomic E-state index is 12.9. The van der Waals surface area contributed by atoms with Gasteiger partial charge in [0.15, 0.2) is 0 Å². The number of carbonyl (C=O) groups is 2. The van der Waals surface area contributed by atoms with Gasteiger partial charge in [-0.25, -0.2) is 4.79 Å². The van der Waals surface area contributed by atoms with Gasteiger partial charge in [-0.05, 0) is 42.2 Å². The quantitative estimate of drug-likeness (QED) is 0.682. The van der Waals surface area contributed by atoms with Crippen molar-refractivity contribution >= 4 is 40.5 Å². The van der Waals surface area contributed by atoms with Gasteiger partial charge in [0.05, 0.1) is 23.4 Å². The van der Waals surface area contributed by atoms with Crippen LogP contribution in [-0.2, 0) is 12.8 Å². The summed E-state index contributed by atoms with van der Waals surface area (Å²) in [5.41, 5.74) is 2.32. The minimum Gasteiger partial charge on any atom is -0.496 e. The van der Waals surface area contributed by atoms with Crippen LogP contribution in [0.15, 0.2) is 17.5 Å². The highest BCUT2D eigenvalue weighted by atomic mass is 35.5. The van der Waals surface area contributed by atoms with E-state index in [9.17, 15) is 14.7 Å². The lowest BCUT2D eigenvalue weighted by Crippen LogP contribution is -2.27.